The summed E-state index contributed by atoms with van der Waals surface area (Å²) in [6.07, 6.45) is 0. The van der Waals surface area contributed by atoms with Crippen molar-refractivity contribution in [1.82, 2.24) is 10.2 Å². The topological polar surface area (TPSA) is 83.5 Å². The van der Waals surface area contributed by atoms with Gasteiger partial charge in [-0.25, -0.2) is 4.99 Å². The molecule has 1 saturated heterocycles. The number of nitrogens with one attached hydrogen (secondary N) is 1. The number of amides is 1. The van der Waals surface area contributed by atoms with E-state index in [1.54, 1.807) is 14.0 Å². The number of aliphatic imine (C=N–C) groups is 1. The highest BCUT2D eigenvalue weighted by molar-refractivity contribution is 6.08. The van der Waals surface area contributed by atoms with Crippen LogP contribution in [0.2, 0.25) is 0 Å². The van der Waals surface area contributed by atoms with Crippen LogP contribution in [0, 0.1) is 12.8 Å². The lowest BCUT2D eigenvalue weighted by Crippen LogP contribution is -2.57. The Morgan fingerprint density at radius 2 is 1.79 bits per heavy atom. The SMILES string of the molecule is CCOC(=O)[C@@H]1C(=O)NC(N2CCN(c3cccc(OC)c3)CC2)=N[C@@H]1c1ccc(C)cc1. The normalized spacial score (nSPS) is 20.7. The molecule has 2 heterocycles. The van der Waals surface area contributed by atoms with E-state index in [1.165, 1.54) is 0 Å². The number of anilines is 1. The fourth-order valence-electron chi connectivity index (χ4n) is 4.21. The van der Waals surface area contributed by atoms with Crippen LogP contribution in [0.5, 0.6) is 5.75 Å². The summed E-state index contributed by atoms with van der Waals surface area (Å²) in [5.41, 5.74) is 3.02. The summed E-state index contributed by atoms with van der Waals surface area (Å²) in [6.45, 7) is 6.89. The van der Waals surface area contributed by atoms with Crippen LogP contribution >= 0.6 is 0 Å². The third-order valence-electron chi connectivity index (χ3n) is 6.05. The van der Waals surface area contributed by atoms with Crippen molar-refractivity contribution in [3.05, 3.63) is 59.7 Å². The molecule has 2 atom stereocenters. The maximum absolute atomic E-state index is 13.0. The number of hydrogen-bond acceptors (Lipinski definition) is 7. The predicted molar refractivity (Wildman–Crippen MR) is 126 cm³/mol. The number of piperazine rings is 1. The second-order valence-electron chi connectivity index (χ2n) is 8.20. The van der Waals surface area contributed by atoms with Gasteiger partial charge in [-0.1, -0.05) is 35.9 Å². The van der Waals surface area contributed by atoms with Crippen LogP contribution < -0.4 is 15.0 Å². The second-order valence-corrected chi connectivity index (χ2v) is 8.20. The Morgan fingerprint density at radius 1 is 1.09 bits per heavy atom. The zero-order chi connectivity index (χ0) is 23.4. The number of esters is 1. The number of ether oxygens (including phenoxy) is 2. The van der Waals surface area contributed by atoms with Crippen LogP contribution in [-0.2, 0) is 14.3 Å². The average Bonchev–Trinajstić information content (AvgIpc) is 2.84. The lowest BCUT2D eigenvalue weighted by molar-refractivity contribution is -0.153. The van der Waals surface area contributed by atoms with Crippen molar-refractivity contribution < 1.29 is 19.1 Å². The molecule has 8 heteroatoms. The van der Waals surface area contributed by atoms with Crippen LogP contribution in [-0.4, -0.2) is 62.6 Å². The maximum atomic E-state index is 13.0. The van der Waals surface area contributed by atoms with Crippen LogP contribution in [0.4, 0.5) is 5.69 Å². The zero-order valence-electron chi connectivity index (χ0n) is 19.3. The van der Waals surface area contributed by atoms with Gasteiger partial charge in [-0.2, -0.15) is 0 Å². The highest BCUT2D eigenvalue weighted by Crippen LogP contribution is 2.31. The molecule has 2 aromatic carbocycles. The highest BCUT2D eigenvalue weighted by atomic mass is 16.5. The fourth-order valence-corrected chi connectivity index (χ4v) is 4.21. The van der Waals surface area contributed by atoms with Crippen molar-refractivity contribution in [2.75, 3.05) is 44.8 Å². The number of benzene rings is 2. The van der Waals surface area contributed by atoms with Gasteiger partial charge in [-0.15, -0.1) is 0 Å². The Balaban J connectivity index is 1.54. The molecule has 8 nitrogen and oxygen atoms in total. The zero-order valence-corrected chi connectivity index (χ0v) is 19.3. The van der Waals surface area contributed by atoms with Crippen molar-refractivity contribution in [3.8, 4) is 5.75 Å². The summed E-state index contributed by atoms with van der Waals surface area (Å²) in [5.74, 6) is -0.596. The van der Waals surface area contributed by atoms with E-state index >= 15 is 0 Å². The Labute approximate surface area is 194 Å². The van der Waals surface area contributed by atoms with Crippen molar-refractivity contribution in [1.29, 1.82) is 0 Å². The van der Waals surface area contributed by atoms with Crippen LogP contribution in [0.25, 0.3) is 0 Å². The van der Waals surface area contributed by atoms with Crippen LogP contribution in [0.3, 0.4) is 0 Å². The van der Waals surface area contributed by atoms with Gasteiger partial charge in [-0.05, 0) is 31.5 Å². The highest BCUT2D eigenvalue weighted by Gasteiger charge is 2.42. The molecule has 0 bridgehead atoms. The summed E-state index contributed by atoms with van der Waals surface area (Å²) < 4.78 is 10.5. The van der Waals surface area contributed by atoms with Crippen LogP contribution in [0.15, 0.2) is 53.5 Å². The molecule has 0 spiro atoms. The first-order valence-corrected chi connectivity index (χ1v) is 11.3. The first kappa shape index (κ1) is 22.6. The smallest absolute Gasteiger partial charge is 0.321 e. The number of carbonyl (C=O) groups excluding carboxylic acids is 2. The molecule has 0 saturated carbocycles. The van der Waals surface area contributed by atoms with E-state index in [4.69, 9.17) is 14.5 Å². The molecule has 0 aromatic heterocycles. The van der Waals surface area contributed by atoms with E-state index in [-0.39, 0.29) is 12.5 Å². The van der Waals surface area contributed by atoms with Gasteiger partial charge in [0.1, 0.15) is 11.8 Å². The minimum absolute atomic E-state index is 0.214. The molecule has 4 rings (SSSR count). The monoisotopic (exact) mass is 450 g/mol. The van der Waals surface area contributed by atoms with Gasteiger partial charge in [0.05, 0.1) is 13.7 Å². The van der Waals surface area contributed by atoms with Gasteiger partial charge in [0, 0.05) is 37.9 Å². The Bertz CT molecular complexity index is 1030. The summed E-state index contributed by atoms with van der Waals surface area (Å²) >= 11 is 0. The maximum Gasteiger partial charge on any atom is 0.321 e. The number of guanidine groups is 1. The van der Waals surface area contributed by atoms with Gasteiger partial charge < -0.3 is 19.3 Å². The van der Waals surface area contributed by atoms with E-state index in [2.05, 4.69) is 21.2 Å². The minimum Gasteiger partial charge on any atom is -0.497 e. The van der Waals surface area contributed by atoms with Crippen molar-refractivity contribution in [2.45, 2.75) is 19.9 Å². The molecule has 0 unspecified atom stereocenters. The summed E-state index contributed by atoms with van der Waals surface area (Å²) in [6, 6.07) is 15.1. The molecule has 174 valence electrons. The average molecular weight is 451 g/mol. The molecule has 33 heavy (non-hydrogen) atoms. The number of aryl methyl sites for hydroxylation is 1. The number of nitrogens with zero attached hydrogens (tertiary/aromatic N) is 3. The molecule has 1 N–H and O–H groups in total. The molecular formula is C25H30N4O4. The standard InChI is InChI=1S/C25H30N4O4/c1-4-33-24(31)21-22(18-10-8-17(2)9-11-18)26-25(27-23(21)30)29-14-12-28(13-15-29)19-6-5-7-20(16-19)32-3/h5-11,16,21-22H,4,12-15H2,1-3H3,(H,26,27,30)/t21-,22+/m0/s1. The second kappa shape index (κ2) is 9.94. The van der Waals surface area contributed by atoms with Crippen molar-refractivity contribution >= 4 is 23.5 Å². The van der Waals surface area contributed by atoms with E-state index in [9.17, 15) is 9.59 Å². The summed E-state index contributed by atoms with van der Waals surface area (Å²) in [4.78, 5) is 34.8. The minimum atomic E-state index is -1.01. The molecular weight excluding hydrogens is 420 g/mol. The Morgan fingerprint density at radius 3 is 2.45 bits per heavy atom. The summed E-state index contributed by atoms with van der Waals surface area (Å²) in [7, 11) is 1.66. The third kappa shape index (κ3) is 4.94. The first-order chi connectivity index (χ1) is 16.0. The van der Waals surface area contributed by atoms with E-state index in [0.717, 1.165) is 35.7 Å². The fraction of sp³-hybridized carbons (Fsp3) is 0.400. The van der Waals surface area contributed by atoms with Gasteiger partial charge in [0.15, 0.2) is 5.92 Å². The van der Waals surface area contributed by atoms with Crippen LogP contribution in [0.1, 0.15) is 24.1 Å². The third-order valence-corrected chi connectivity index (χ3v) is 6.05. The van der Waals surface area contributed by atoms with Crippen molar-refractivity contribution in [3.63, 3.8) is 0 Å². The largest absolute Gasteiger partial charge is 0.497 e. The quantitative estimate of drug-likeness (QED) is 0.557. The van der Waals surface area contributed by atoms with E-state index < -0.39 is 17.9 Å². The summed E-state index contributed by atoms with van der Waals surface area (Å²) in [5, 5.41) is 2.86. The molecule has 2 aliphatic heterocycles. The van der Waals surface area contributed by atoms with Gasteiger partial charge in [-0.3, -0.25) is 14.9 Å². The number of hydrogen-bond donors (Lipinski definition) is 1. The Kier molecular flexibility index (Phi) is 6.82. The van der Waals surface area contributed by atoms with E-state index in [1.807, 2.05) is 49.4 Å². The number of methoxy groups -OCH3 is 1. The lowest BCUT2D eigenvalue weighted by Gasteiger charge is -2.39. The van der Waals surface area contributed by atoms with E-state index in [0.29, 0.717) is 19.0 Å². The molecule has 2 aromatic rings. The molecule has 2 aliphatic rings. The van der Waals surface area contributed by atoms with Crippen molar-refractivity contribution in [2.24, 2.45) is 10.9 Å². The Hall–Kier alpha value is -3.55. The molecule has 1 amide bonds. The first-order valence-electron chi connectivity index (χ1n) is 11.3. The number of rotatable bonds is 5. The number of carbonyl (C=O) groups is 2. The lowest BCUT2D eigenvalue weighted by atomic mass is 9.91. The van der Waals surface area contributed by atoms with Gasteiger partial charge >= 0.3 is 5.97 Å². The van der Waals surface area contributed by atoms with Gasteiger partial charge in [0.25, 0.3) is 0 Å². The predicted octanol–water partition coefficient (Wildman–Crippen LogP) is 2.53. The molecule has 1 fully saturated rings. The molecule has 0 aliphatic carbocycles. The molecule has 0 radical (unpaired) electrons. The van der Waals surface area contributed by atoms with Gasteiger partial charge in [0.2, 0.25) is 11.9 Å².